The van der Waals surface area contributed by atoms with E-state index in [0.717, 1.165) is 6.54 Å². The van der Waals surface area contributed by atoms with Crippen LogP contribution in [0.3, 0.4) is 0 Å². The zero-order chi connectivity index (χ0) is 5.82. The lowest BCUT2D eigenvalue weighted by Gasteiger charge is -2.01. The van der Waals surface area contributed by atoms with E-state index in [9.17, 15) is 0 Å². The van der Waals surface area contributed by atoms with Crippen LogP contribution < -0.4 is 5.32 Å². The van der Waals surface area contributed by atoms with Crippen LogP contribution in [0.2, 0.25) is 0 Å². The Morgan fingerprint density at radius 3 is 3.57 bits per heavy atom. The smallest absolute Gasteiger partial charge is 0.210 e. The molecule has 2 N–H and O–H groups in total. The first-order valence-corrected chi connectivity index (χ1v) is 2.75. The van der Waals surface area contributed by atoms with Gasteiger partial charge in [-0.25, -0.2) is 0 Å². The Morgan fingerprint density at radius 1 is 2.00 bits per heavy atom. The van der Waals surface area contributed by atoms with Crippen LogP contribution in [0.4, 0.5) is 0 Å². The standard InChI is InChI=1S/C5H11NO/c7-4-5-2-1-3-6-5/h5-7H,1-4H2/i7T. The Bertz CT molecular complexity index is 63.4. The molecule has 2 nitrogen and oxygen atoms in total. The van der Waals surface area contributed by atoms with Crippen LogP contribution in [-0.4, -0.2) is 25.7 Å². The summed E-state index contributed by atoms with van der Waals surface area (Å²) in [7, 11) is 0. The maximum atomic E-state index is 6.43. The summed E-state index contributed by atoms with van der Waals surface area (Å²) in [6.07, 6.45) is 2.40. The molecule has 42 valence electrons. The molecule has 1 saturated heterocycles. The van der Waals surface area contributed by atoms with Crippen molar-refractivity contribution >= 4 is 0 Å². The summed E-state index contributed by atoms with van der Waals surface area (Å²) in [5.41, 5.74) is 0. The topological polar surface area (TPSA) is 32.3 Å². The molecule has 1 heterocycles. The highest BCUT2D eigenvalue weighted by Gasteiger charge is 2.10. The molecule has 7 heavy (non-hydrogen) atoms. The van der Waals surface area contributed by atoms with Gasteiger partial charge in [0.1, 0.15) is 0 Å². The lowest BCUT2D eigenvalue weighted by molar-refractivity contribution is 0.255. The maximum absolute atomic E-state index is 6.43. The predicted octanol–water partition coefficient (Wildman–Crippen LogP) is -0.269. The molecule has 0 spiro atoms. The molecule has 1 fully saturated rings. The Balaban J connectivity index is 2.06. The van der Waals surface area contributed by atoms with Gasteiger partial charge in [-0.15, -0.1) is 0 Å². The van der Waals surface area contributed by atoms with Gasteiger partial charge in [-0.2, -0.15) is 0 Å². The minimum absolute atomic E-state index is 0.451. The Morgan fingerprint density at radius 2 is 3.00 bits per heavy atom. The van der Waals surface area contributed by atoms with Crippen LogP contribution in [0, 0.1) is 0 Å². The number of aliphatic hydroxyl groups is 1. The molecule has 1 aliphatic heterocycles. The van der Waals surface area contributed by atoms with Crippen molar-refractivity contribution in [2.75, 3.05) is 13.2 Å². The van der Waals surface area contributed by atoms with Crippen LogP contribution in [0.25, 0.3) is 0 Å². The largest absolute Gasteiger partial charge is 0.395 e. The number of hydrogen-bond donors (Lipinski definition) is 2. The summed E-state index contributed by atoms with van der Waals surface area (Å²) in [5, 5.41) is 7.43. The number of hydrogen-bond acceptors (Lipinski definition) is 2. The molecule has 1 atom stereocenters. The molecular formula is C5H11NO. The van der Waals surface area contributed by atoms with Crippen molar-refractivity contribution in [1.82, 2.24) is 5.32 Å². The zero-order valence-corrected chi connectivity index (χ0v) is 4.31. The molecule has 0 radical (unpaired) electrons. The van der Waals surface area contributed by atoms with E-state index in [-0.39, 0.29) is 0 Å². The van der Waals surface area contributed by atoms with Crippen molar-refractivity contribution in [3.63, 3.8) is 0 Å². The van der Waals surface area contributed by atoms with Gasteiger partial charge in [-0.05, 0) is 19.4 Å². The second kappa shape index (κ2) is 2.28. The first-order valence-electron chi connectivity index (χ1n) is 3.16. The molecule has 1 rings (SSSR count). The van der Waals surface area contributed by atoms with Gasteiger partial charge in [0.25, 0.3) is 0 Å². The van der Waals surface area contributed by atoms with Crippen LogP contribution in [0.5, 0.6) is 0 Å². The maximum Gasteiger partial charge on any atom is 0.210 e. The third kappa shape index (κ3) is 1.14. The van der Waals surface area contributed by atoms with E-state index >= 15 is 0 Å². The molecule has 2 heteroatoms. The summed E-state index contributed by atoms with van der Waals surface area (Å²) >= 11 is 0. The molecule has 0 amide bonds. The van der Waals surface area contributed by atoms with Gasteiger partial charge in [0.2, 0.25) is 1.43 Å². The monoisotopic (exact) mass is 103 g/mol. The number of aliphatic hydroxyl groups excluding tert-OH is 1. The van der Waals surface area contributed by atoms with Crippen molar-refractivity contribution < 1.29 is 5.11 Å². The summed E-state index contributed by atoms with van der Waals surface area (Å²) in [5.74, 6) is 0. The van der Waals surface area contributed by atoms with Gasteiger partial charge in [-0.3, -0.25) is 0 Å². The van der Waals surface area contributed by atoms with E-state index in [1.807, 2.05) is 0 Å². The molecular weight excluding hydrogens is 90.1 g/mol. The first-order chi connectivity index (χ1) is 3.93. The first kappa shape index (κ1) is 3.87. The highest BCUT2D eigenvalue weighted by atomic mass is 16.3. The zero-order valence-electron chi connectivity index (χ0n) is 5.31. The molecule has 1 aliphatic rings. The van der Waals surface area contributed by atoms with E-state index in [2.05, 4.69) is 10.4 Å². The van der Waals surface area contributed by atoms with Gasteiger partial charge in [0, 0.05) is 6.04 Å². The minimum atomic E-state index is 0.451. The predicted molar refractivity (Wildman–Crippen MR) is 28.1 cm³/mol. The molecule has 0 bridgehead atoms. The van der Waals surface area contributed by atoms with Crippen molar-refractivity contribution in [2.45, 2.75) is 18.9 Å². The Kier molecular flexibility index (Phi) is 1.26. The van der Waals surface area contributed by atoms with Crippen LogP contribution >= 0.6 is 0 Å². The minimum Gasteiger partial charge on any atom is -0.395 e. The lowest BCUT2D eigenvalue weighted by atomic mass is 10.2. The van der Waals surface area contributed by atoms with Gasteiger partial charge in [0.15, 0.2) is 0 Å². The van der Waals surface area contributed by atoms with Crippen molar-refractivity contribution in [3.8, 4) is 0 Å². The summed E-state index contributed by atoms with van der Waals surface area (Å²) < 4.78 is 6.43. The van der Waals surface area contributed by atoms with Gasteiger partial charge < -0.3 is 10.4 Å². The average Bonchev–Trinajstić information content (AvgIpc) is 2.19. The van der Waals surface area contributed by atoms with Gasteiger partial charge >= 0.3 is 0 Å². The third-order valence-electron chi connectivity index (χ3n) is 1.36. The molecule has 1 unspecified atom stereocenters. The number of rotatable bonds is 2. The normalized spacial score (nSPS) is 33.1. The van der Waals surface area contributed by atoms with E-state index in [1.165, 1.54) is 12.8 Å². The van der Waals surface area contributed by atoms with Crippen LogP contribution in [-0.2, 0) is 0 Å². The van der Waals surface area contributed by atoms with E-state index in [1.54, 1.807) is 0 Å². The highest BCUT2D eigenvalue weighted by molar-refractivity contribution is 4.71. The van der Waals surface area contributed by atoms with Crippen molar-refractivity contribution in [1.29, 1.82) is 1.43 Å². The van der Waals surface area contributed by atoms with Crippen molar-refractivity contribution in [2.24, 2.45) is 0 Å². The molecule has 0 aromatic rings. The second-order valence-corrected chi connectivity index (χ2v) is 1.96. The molecule has 0 saturated carbocycles. The summed E-state index contributed by atoms with van der Waals surface area (Å²) in [4.78, 5) is 0. The lowest BCUT2D eigenvalue weighted by Crippen LogP contribution is -2.24. The Labute approximate surface area is 45.0 Å². The fourth-order valence-electron chi connectivity index (χ4n) is 0.899. The fraction of sp³-hybridized carbons (Fsp3) is 1.00. The van der Waals surface area contributed by atoms with Crippen LogP contribution in [0.1, 0.15) is 12.8 Å². The van der Waals surface area contributed by atoms with Gasteiger partial charge in [-0.1, -0.05) is 0 Å². The molecule has 0 aromatic carbocycles. The Hall–Kier alpha value is -0.0800. The molecule has 0 aromatic heterocycles. The SMILES string of the molecule is [3H]OCC1CCCN1. The average molecular weight is 103 g/mol. The summed E-state index contributed by atoms with van der Waals surface area (Å²) in [6, 6.07) is 0.451. The summed E-state index contributed by atoms with van der Waals surface area (Å²) in [6.45, 7) is 1.63. The van der Waals surface area contributed by atoms with E-state index < -0.39 is 0 Å². The second-order valence-electron chi connectivity index (χ2n) is 1.96. The highest BCUT2D eigenvalue weighted by Crippen LogP contribution is 2.02. The van der Waals surface area contributed by atoms with Gasteiger partial charge in [0.05, 0.1) is 6.61 Å². The van der Waals surface area contributed by atoms with E-state index in [0.29, 0.717) is 12.6 Å². The number of nitrogens with one attached hydrogen (secondary N) is 1. The van der Waals surface area contributed by atoms with Crippen LogP contribution in [0.15, 0.2) is 0 Å². The van der Waals surface area contributed by atoms with E-state index in [4.69, 9.17) is 1.43 Å². The third-order valence-corrected chi connectivity index (χ3v) is 1.36. The quantitative estimate of drug-likeness (QED) is 0.504. The van der Waals surface area contributed by atoms with Crippen molar-refractivity contribution in [3.05, 3.63) is 0 Å². The fourth-order valence-corrected chi connectivity index (χ4v) is 0.899. The molecule has 0 aliphatic carbocycles.